The average Bonchev–Trinajstić information content (AvgIpc) is 2.39. The van der Waals surface area contributed by atoms with Gasteiger partial charge in [0.15, 0.2) is 11.6 Å². The van der Waals surface area contributed by atoms with Crippen molar-refractivity contribution < 1.29 is 14.1 Å². The minimum absolute atomic E-state index is 0.0128. The third-order valence-corrected chi connectivity index (χ3v) is 2.57. The lowest BCUT2D eigenvalue weighted by molar-refractivity contribution is -0.385. The maximum absolute atomic E-state index is 13.8. The van der Waals surface area contributed by atoms with E-state index in [1.165, 1.54) is 13.2 Å². The number of halogens is 1. The van der Waals surface area contributed by atoms with Crippen LogP contribution in [0.3, 0.4) is 0 Å². The number of nitro groups is 1. The second kappa shape index (κ2) is 6.59. The highest BCUT2D eigenvalue weighted by Gasteiger charge is 2.20. The Morgan fingerprint density at radius 3 is 2.79 bits per heavy atom. The van der Waals surface area contributed by atoms with Gasteiger partial charge in [0, 0.05) is 6.07 Å². The molecular weight excluding hydrogens is 251 g/mol. The van der Waals surface area contributed by atoms with Gasteiger partial charge in [-0.15, -0.1) is 6.42 Å². The molecule has 0 fully saturated rings. The summed E-state index contributed by atoms with van der Waals surface area (Å²) in [6.07, 6.45) is 6.85. The lowest BCUT2D eigenvalue weighted by Crippen LogP contribution is -2.17. The van der Waals surface area contributed by atoms with Gasteiger partial charge in [-0.25, -0.2) is 4.39 Å². The molecule has 0 heterocycles. The number of terminal acetylenes is 1. The van der Waals surface area contributed by atoms with Gasteiger partial charge in [-0.1, -0.05) is 19.3 Å². The summed E-state index contributed by atoms with van der Waals surface area (Å²) in [5.74, 6) is 1.76. The first-order chi connectivity index (χ1) is 9.03. The maximum atomic E-state index is 13.8. The Labute approximate surface area is 110 Å². The molecule has 5 nitrogen and oxygen atoms in total. The monoisotopic (exact) mass is 266 g/mol. The number of nitrogens with one attached hydrogen (secondary N) is 1. The molecular formula is C13H15FN2O3. The van der Waals surface area contributed by atoms with Crippen molar-refractivity contribution in [3.05, 3.63) is 28.1 Å². The normalized spacial score (nSPS) is 11.5. The van der Waals surface area contributed by atoms with E-state index >= 15 is 0 Å². The van der Waals surface area contributed by atoms with E-state index in [0.717, 1.165) is 12.5 Å². The summed E-state index contributed by atoms with van der Waals surface area (Å²) in [5.41, 5.74) is -0.322. The van der Waals surface area contributed by atoms with Crippen LogP contribution in [-0.2, 0) is 0 Å². The molecule has 0 saturated carbocycles. The van der Waals surface area contributed by atoms with Crippen molar-refractivity contribution in [2.75, 3.05) is 12.4 Å². The van der Waals surface area contributed by atoms with E-state index in [2.05, 4.69) is 11.2 Å². The highest BCUT2D eigenvalue weighted by molar-refractivity contribution is 5.59. The average molecular weight is 266 g/mol. The second-order valence-corrected chi connectivity index (χ2v) is 3.91. The number of nitrogens with zero attached hydrogens (tertiary/aromatic N) is 1. The zero-order chi connectivity index (χ0) is 14.4. The van der Waals surface area contributed by atoms with Crippen LogP contribution in [0.1, 0.15) is 19.8 Å². The fourth-order valence-electron chi connectivity index (χ4n) is 1.63. The molecule has 1 unspecified atom stereocenters. The zero-order valence-corrected chi connectivity index (χ0v) is 10.8. The van der Waals surface area contributed by atoms with Crippen molar-refractivity contribution in [2.24, 2.45) is 0 Å². The molecule has 1 N–H and O–H groups in total. The maximum Gasteiger partial charge on any atom is 0.313 e. The molecule has 1 atom stereocenters. The summed E-state index contributed by atoms with van der Waals surface area (Å²) in [5, 5.41) is 13.6. The van der Waals surface area contributed by atoms with Gasteiger partial charge in [0.25, 0.3) is 0 Å². The quantitative estimate of drug-likeness (QED) is 0.488. The molecule has 0 spiro atoms. The fraction of sp³-hybridized carbons (Fsp3) is 0.385. The van der Waals surface area contributed by atoms with Crippen LogP contribution in [0.2, 0.25) is 0 Å². The lowest BCUT2D eigenvalue weighted by Gasteiger charge is -2.15. The number of methoxy groups -OCH3 is 1. The largest absolute Gasteiger partial charge is 0.490 e. The van der Waals surface area contributed by atoms with Gasteiger partial charge in [0.05, 0.1) is 29.8 Å². The van der Waals surface area contributed by atoms with Gasteiger partial charge in [0.1, 0.15) is 0 Å². The first-order valence-electron chi connectivity index (χ1n) is 5.78. The van der Waals surface area contributed by atoms with Crippen LogP contribution in [0.4, 0.5) is 15.8 Å². The van der Waals surface area contributed by atoms with Gasteiger partial charge in [0.2, 0.25) is 0 Å². The van der Waals surface area contributed by atoms with Gasteiger partial charge >= 0.3 is 5.69 Å². The Morgan fingerprint density at radius 2 is 2.32 bits per heavy atom. The van der Waals surface area contributed by atoms with Crippen LogP contribution in [0, 0.1) is 28.3 Å². The Balaban J connectivity index is 3.09. The van der Waals surface area contributed by atoms with Crippen molar-refractivity contribution in [3.63, 3.8) is 0 Å². The van der Waals surface area contributed by atoms with E-state index in [1.807, 2.05) is 6.92 Å². The van der Waals surface area contributed by atoms with Crippen molar-refractivity contribution in [3.8, 4) is 18.1 Å². The molecule has 19 heavy (non-hydrogen) atoms. The Hall–Kier alpha value is -2.29. The van der Waals surface area contributed by atoms with Crippen LogP contribution >= 0.6 is 0 Å². The minimum atomic E-state index is -0.733. The molecule has 0 saturated heterocycles. The molecule has 0 aliphatic heterocycles. The van der Waals surface area contributed by atoms with Crippen molar-refractivity contribution in [2.45, 2.75) is 25.8 Å². The molecule has 0 radical (unpaired) electrons. The number of ether oxygens (including phenoxy) is 1. The topological polar surface area (TPSA) is 64.4 Å². The molecule has 1 aromatic carbocycles. The molecule has 0 aliphatic carbocycles. The predicted molar refractivity (Wildman–Crippen MR) is 70.8 cm³/mol. The van der Waals surface area contributed by atoms with Gasteiger partial charge in [-0.3, -0.25) is 10.1 Å². The van der Waals surface area contributed by atoms with Gasteiger partial charge in [-0.05, 0) is 6.42 Å². The minimum Gasteiger partial charge on any atom is -0.490 e. The van der Waals surface area contributed by atoms with E-state index in [1.54, 1.807) is 0 Å². The number of rotatable bonds is 6. The molecule has 6 heteroatoms. The summed E-state index contributed by atoms with van der Waals surface area (Å²) in [6, 6.07) is 1.74. The summed E-state index contributed by atoms with van der Waals surface area (Å²) < 4.78 is 18.7. The van der Waals surface area contributed by atoms with Gasteiger partial charge < -0.3 is 10.1 Å². The summed E-state index contributed by atoms with van der Waals surface area (Å²) in [6.45, 7) is 1.96. The smallest absolute Gasteiger partial charge is 0.313 e. The SMILES string of the molecule is C#CC(CCC)Nc1cc(OC)c([N+](=O)[O-])cc1F. The number of nitro benzene ring substituents is 1. The van der Waals surface area contributed by atoms with Crippen molar-refractivity contribution in [1.82, 2.24) is 0 Å². The summed E-state index contributed by atoms with van der Waals surface area (Å²) in [4.78, 5) is 10.0. The third-order valence-electron chi connectivity index (χ3n) is 2.57. The Morgan fingerprint density at radius 1 is 1.63 bits per heavy atom. The number of anilines is 1. The van der Waals surface area contributed by atoms with Crippen molar-refractivity contribution >= 4 is 11.4 Å². The standard InChI is InChI=1S/C13H15FN2O3/c1-4-6-9(5-2)15-11-8-13(19-3)12(16(17)18)7-10(11)14/h2,7-9,15H,4,6H2,1,3H3. The number of benzene rings is 1. The van der Waals surface area contributed by atoms with E-state index in [0.29, 0.717) is 6.42 Å². The Bertz CT molecular complexity index is 511. The molecule has 0 amide bonds. The highest BCUT2D eigenvalue weighted by atomic mass is 19.1. The third kappa shape index (κ3) is 3.58. The van der Waals surface area contributed by atoms with Crippen LogP contribution < -0.4 is 10.1 Å². The molecule has 102 valence electrons. The predicted octanol–water partition coefficient (Wildman–Crippen LogP) is 2.96. The zero-order valence-electron chi connectivity index (χ0n) is 10.8. The van der Waals surface area contributed by atoms with Crippen molar-refractivity contribution in [1.29, 1.82) is 0 Å². The number of hydrogen-bond donors (Lipinski definition) is 1. The first kappa shape index (κ1) is 14.8. The van der Waals surface area contributed by atoms with E-state index in [4.69, 9.17) is 11.2 Å². The van der Waals surface area contributed by atoms with Crippen LogP contribution in [0.25, 0.3) is 0 Å². The lowest BCUT2D eigenvalue weighted by atomic mass is 10.1. The highest BCUT2D eigenvalue weighted by Crippen LogP contribution is 2.32. The van der Waals surface area contributed by atoms with Crippen LogP contribution in [0.15, 0.2) is 12.1 Å². The molecule has 0 aliphatic rings. The summed E-state index contributed by atoms with van der Waals surface area (Å²) in [7, 11) is 1.29. The Kier molecular flexibility index (Phi) is 5.12. The van der Waals surface area contributed by atoms with Gasteiger partial charge in [-0.2, -0.15) is 0 Å². The van der Waals surface area contributed by atoms with Crippen LogP contribution in [-0.4, -0.2) is 18.1 Å². The van der Waals surface area contributed by atoms with Crippen LogP contribution in [0.5, 0.6) is 5.75 Å². The number of hydrogen-bond acceptors (Lipinski definition) is 4. The fourth-order valence-corrected chi connectivity index (χ4v) is 1.63. The molecule has 1 rings (SSSR count). The molecule has 0 bridgehead atoms. The molecule has 1 aromatic rings. The van der Waals surface area contributed by atoms with E-state index < -0.39 is 16.4 Å². The second-order valence-electron chi connectivity index (χ2n) is 3.91. The summed E-state index contributed by atoms with van der Waals surface area (Å²) >= 11 is 0. The van der Waals surface area contributed by atoms with E-state index in [-0.39, 0.29) is 17.5 Å². The first-order valence-corrected chi connectivity index (χ1v) is 5.78. The molecule has 0 aromatic heterocycles. The van der Waals surface area contributed by atoms with E-state index in [9.17, 15) is 14.5 Å².